The molecule has 0 bridgehead atoms. The van der Waals surface area contributed by atoms with E-state index in [1.54, 1.807) is 0 Å². The highest BCUT2D eigenvalue weighted by molar-refractivity contribution is 7.92. The number of hydrogen-bond acceptors (Lipinski definition) is 5. The van der Waals surface area contributed by atoms with E-state index in [4.69, 9.17) is 11.6 Å². The van der Waals surface area contributed by atoms with Crippen LogP contribution < -0.4 is 10.0 Å². The lowest BCUT2D eigenvalue weighted by Crippen LogP contribution is -2.16. The summed E-state index contributed by atoms with van der Waals surface area (Å²) in [4.78, 5) is 24.1. The van der Waals surface area contributed by atoms with Crippen LogP contribution in [-0.4, -0.2) is 27.4 Å². The van der Waals surface area contributed by atoms with Gasteiger partial charge in [-0.05, 0) is 54.6 Å². The Morgan fingerprint density at radius 1 is 0.971 bits per heavy atom. The molecule has 34 heavy (non-hydrogen) atoms. The van der Waals surface area contributed by atoms with Crippen molar-refractivity contribution in [2.45, 2.75) is 11.1 Å². The smallest absolute Gasteiger partial charge is 0.416 e. The Balaban J connectivity index is 1.81. The third kappa shape index (κ3) is 5.67. The summed E-state index contributed by atoms with van der Waals surface area (Å²) in [6, 6.07) is 12.7. The summed E-state index contributed by atoms with van der Waals surface area (Å²) in [5.74, 6) is -1.42. The number of rotatable bonds is 6. The zero-order chi connectivity index (χ0) is 25.1. The first-order chi connectivity index (χ1) is 15.9. The fourth-order valence-corrected chi connectivity index (χ4v) is 4.19. The molecule has 0 spiro atoms. The van der Waals surface area contributed by atoms with Crippen LogP contribution in [0.2, 0.25) is 5.02 Å². The Kier molecular flexibility index (Phi) is 7.18. The fourth-order valence-electron chi connectivity index (χ4n) is 2.84. The number of carbonyl (C=O) groups excluding carboxylic acids is 2. The van der Waals surface area contributed by atoms with Gasteiger partial charge < -0.3 is 10.1 Å². The van der Waals surface area contributed by atoms with Gasteiger partial charge in [0.1, 0.15) is 0 Å². The van der Waals surface area contributed by atoms with Gasteiger partial charge in [-0.3, -0.25) is 9.52 Å². The van der Waals surface area contributed by atoms with Crippen molar-refractivity contribution in [3.63, 3.8) is 0 Å². The molecule has 0 aliphatic heterocycles. The predicted octanol–water partition coefficient (Wildman–Crippen LogP) is 5.20. The van der Waals surface area contributed by atoms with Gasteiger partial charge in [0.2, 0.25) is 0 Å². The molecule has 7 nitrogen and oxygen atoms in total. The van der Waals surface area contributed by atoms with Crippen LogP contribution >= 0.6 is 11.6 Å². The lowest BCUT2D eigenvalue weighted by molar-refractivity contribution is -0.137. The van der Waals surface area contributed by atoms with E-state index in [0.29, 0.717) is 0 Å². The molecule has 0 saturated heterocycles. The Morgan fingerprint density at radius 3 is 2.24 bits per heavy atom. The highest BCUT2D eigenvalue weighted by Gasteiger charge is 2.30. The molecule has 0 aliphatic rings. The number of amides is 1. The molecule has 0 saturated carbocycles. The summed E-state index contributed by atoms with van der Waals surface area (Å²) in [5, 5.41) is 2.43. The van der Waals surface area contributed by atoms with Gasteiger partial charge in [-0.15, -0.1) is 0 Å². The molecule has 3 aromatic rings. The van der Waals surface area contributed by atoms with E-state index in [-0.39, 0.29) is 32.4 Å². The number of hydrogen-bond donors (Lipinski definition) is 2. The van der Waals surface area contributed by atoms with Crippen LogP contribution in [0.5, 0.6) is 0 Å². The number of benzene rings is 3. The van der Waals surface area contributed by atoms with E-state index in [1.807, 2.05) is 0 Å². The first-order valence-corrected chi connectivity index (χ1v) is 11.3. The molecule has 0 aromatic heterocycles. The van der Waals surface area contributed by atoms with Gasteiger partial charge in [0.05, 0.1) is 33.8 Å². The number of nitrogens with one attached hydrogen (secondary N) is 2. The second-order valence-corrected chi connectivity index (χ2v) is 8.88. The number of anilines is 2. The quantitative estimate of drug-likeness (QED) is 0.442. The van der Waals surface area contributed by atoms with Crippen LogP contribution in [0.4, 0.5) is 24.5 Å². The molecular weight excluding hydrogens is 497 g/mol. The molecule has 0 heterocycles. The minimum atomic E-state index is -4.56. The predicted molar refractivity (Wildman–Crippen MR) is 119 cm³/mol. The summed E-state index contributed by atoms with van der Waals surface area (Å²) in [7, 11) is -3.04. The molecule has 12 heteroatoms. The largest absolute Gasteiger partial charge is 0.465 e. The van der Waals surface area contributed by atoms with Crippen molar-refractivity contribution >= 4 is 44.9 Å². The number of halogens is 4. The Morgan fingerprint density at radius 2 is 1.62 bits per heavy atom. The molecule has 0 aliphatic carbocycles. The molecule has 1 amide bonds. The third-order valence-corrected chi connectivity index (χ3v) is 6.31. The lowest BCUT2D eigenvalue weighted by Gasteiger charge is -2.12. The lowest BCUT2D eigenvalue weighted by atomic mass is 10.1. The van der Waals surface area contributed by atoms with Gasteiger partial charge in [0, 0.05) is 11.3 Å². The Hall–Kier alpha value is -3.57. The van der Waals surface area contributed by atoms with Gasteiger partial charge in [-0.2, -0.15) is 13.2 Å². The Bertz CT molecular complexity index is 1340. The zero-order valence-electron chi connectivity index (χ0n) is 17.3. The van der Waals surface area contributed by atoms with Crippen LogP contribution in [0.3, 0.4) is 0 Å². The number of esters is 1. The van der Waals surface area contributed by atoms with Crippen LogP contribution in [0, 0.1) is 0 Å². The van der Waals surface area contributed by atoms with Crippen LogP contribution in [-0.2, 0) is 20.9 Å². The monoisotopic (exact) mass is 512 g/mol. The fraction of sp³-hybridized carbons (Fsp3) is 0.0909. The normalized spacial score (nSPS) is 11.6. The van der Waals surface area contributed by atoms with E-state index < -0.39 is 33.6 Å². The maximum atomic E-state index is 12.7. The summed E-state index contributed by atoms with van der Waals surface area (Å²) < 4.78 is 70.2. The molecule has 3 rings (SSSR count). The third-order valence-electron chi connectivity index (χ3n) is 4.52. The number of methoxy groups -OCH3 is 1. The van der Waals surface area contributed by atoms with Gasteiger partial charge in [0.15, 0.2) is 0 Å². The molecule has 0 unspecified atom stereocenters. The van der Waals surface area contributed by atoms with Crippen molar-refractivity contribution in [3.8, 4) is 0 Å². The second kappa shape index (κ2) is 9.74. The SMILES string of the molecule is COC(=O)c1cccc(NC(=O)c2cccc(S(=O)(=O)Nc3ccc(C(F)(F)F)cc3)c2)c1Cl. The van der Waals surface area contributed by atoms with Gasteiger partial charge in [-0.1, -0.05) is 23.7 Å². The second-order valence-electron chi connectivity index (χ2n) is 6.82. The first-order valence-electron chi connectivity index (χ1n) is 9.40. The highest BCUT2D eigenvalue weighted by Crippen LogP contribution is 2.30. The highest BCUT2D eigenvalue weighted by atomic mass is 35.5. The molecule has 2 N–H and O–H groups in total. The van der Waals surface area contributed by atoms with Gasteiger partial charge in [0.25, 0.3) is 15.9 Å². The number of sulfonamides is 1. The molecule has 178 valence electrons. The molecule has 0 radical (unpaired) electrons. The van der Waals surface area contributed by atoms with Crippen LogP contribution in [0.15, 0.2) is 71.6 Å². The molecule has 0 atom stereocenters. The van der Waals surface area contributed by atoms with E-state index in [0.717, 1.165) is 30.3 Å². The zero-order valence-corrected chi connectivity index (χ0v) is 18.9. The maximum absolute atomic E-state index is 12.7. The van der Waals surface area contributed by atoms with Gasteiger partial charge in [-0.25, -0.2) is 13.2 Å². The summed E-state index contributed by atoms with van der Waals surface area (Å²) in [6.45, 7) is 0. The Labute approximate surface area is 197 Å². The summed E-state index contributed by atoms with van der Waals surface area (Å²) in [5.41, 5.74) is -0.933. The molecule has 3 aromatic carbocycles. The maximum Gasteiger partial charge on any atom is 0.416 e. The topological polar surface area (TPSA) is 102 Å². The first kappa shape index (κ1) is 25.1. The summed E-state index contributed by atoms with van der Waals surface area (Å²) >= 11 is 6.16. The van der Waals surface area contributed by atoms with Crippen LogP contribution in [0.1, 0.15) is 26.3 Å². The van der Waals surface area contributed by atoms with Crippen molar-refractivity contribution < 1.29 is 35.9 Å². The average Bonchev–Trinajstić information content (AvgIpc) is 2.79. The molecule has 0 fully saturated rings. The van der Waals surface area contributed by atoms with Crippen LogP contribution in [0.25, 0.3) is 0 Å². The van der Waals surface area contributed by atoms with Crippen molar-refractivity contribution in [1.82, 2.24) is 0 Å². The van der Waals surface area contributed by atoms with E-state index >= 15 is 0 Å². The number of ether oxygens (including phenoxy) is 1. The average molecular weight is 513 g/mol. The summed E-state index contributed by atoms with van der Waals surface area (Å²) in [6.07, 6.45) is -4.56. The van der Waals surface area contributed by atoms with Crippen molar-refractivity contribution in [3.05, 3.63) is 88.4 Å². The minimum Gasteiger partial charge on any atom is -0.465 e. The van der Waals surface area contributed by atoms with Gasteiger partial charge >= 0.3 is 12.1 Å². The van der Waals surface area contributed by atoms with E-state index in [1.165, 1.54) is 43.5 Å². The number of carbonyl (C=O) groups is 2. The van der Waals surface area contributed by atoms with Crippen molar-refractivity contribution in [2.24, 2.45) is 0 Å². The van der Waals surface area contributed by atoms with Crippen molar-refractivity contribution in [1.29, 1.82) is 0 Å². The standard InChI is InChI=1S/C22H16ClF3N2O5S/c1-33-21(30)17-6-3-7-18(19(17)23)27-20(29)13-4-2-5-16(12-13)34(31,32)28-15-10-8-14(9-11-15)22(24,25)26/h2-12,28H,1H3,(H,27,29). The van der Waals surface area contributed by atoms with E-state index in [9.17, 15) is 31.2 Å². The number of alkyl halides is 3. The van der Waals surface area contributed by atoms with E-state index in [2.05, 4.69) is 14.8 Å². The minimum absolute atomic E-state index is 0.0269. The van der Waals surface area contributed by atoms with Crippen molar-refractivity contribution in [2.75, 3.05) is 17.1 Å². The molecular formula is C22H16ClF3N2O5S.